The van der Waals surface area contributed by atoms with Crippen molar-refractivity contribution in [3.63, 3.8) is 0 Å². The molecular weight excluding hydrogens is 420 g/mol. The van der Waals surface area contributed by atoms with Crippen molar-refractivity contribution >= 4 is 32.4 Å². The normalized spacial score (nSPS) is 16.2. The number of rotatable bonds is 5. The zero-order valence-corrected chi connectivity index (χ0v) is 20.1. The summed E-state index contributed by atoms with van der Waals surface area (Å²) in [6.07, 6.45) is 0.980. The molecule has 7 nitrogen and oxygen atoms in total. The van der Waals surface area contributed by atoms with Crippen LogP contribution in [0.1, 0.15) is 59.9 Å². The molecule has 1 aliphatic rings. The van der Waals surface area contributed by atoms with E-state index in [9.17, 15) is 13.2 Å². The SMILES string of the molecule is Cc1cc(C)c(C)c(S(=O)(=O)N2CCC(C(=O)Nc3nnc(C(C)C)s3)CC2)c1C. The number of hydrogen-bond acceptors (Lipinski definition) is 6. The minimum atomic E-state index is -3.60. The quantitative estimate of drug-likeness (QED) is 0.745. The van der Waals surface area contributed by atoms with Gasteiger partial charge in [-0.1, -0.05) is 31.3 Å². The third-order valence-electron chi connectivity index (χ3n) is 5.88. The van der Waals surface area contributed by atoms with Crippen LogP contribution in [0.4, 0.5) is 5.13 Å². The maximum Gasteiger partial charge on any atom is 0.243 e. The van der Waals surface area contributed by atoms with Gasteiger partial charge < -0.3 is 5.32 Å². The smallest absolute Gasteiger partial charge is 0.243 e. The molecule has 0 radical (unpaired) electrons. The zero-order valence-electron chi connectivity index (χ0n) is 18.4. The van der Waals surface area contributed by atoms with Gasteiger partial charge in [0.05, 0.1) is 4.90 Å². The summed E-state index contributed by atoms with van der Waals surface area (Å²) in [6, 6.07) is 2.03. The number of nitrogens with zero attached hydrogens (tertiary/aromatic N) is 3. The first-order valence-electron chi connectivity index (χ1n) is 10.2. The molecule has 1 aliphatic heterocycles. The van der Waals surface area contributed by atoms with Crippen LogP contribution < -0.4 is 5.32 Å². The van der Waals surface area contributed by atoms with Crippen molar-refractivity contribution in [2.24, 2.45) is 5.92 Å². The van der Waals surface area contributed by atoms with E-state index in [0.29, 0.717) is 36.0 Å². The average molecular weight is 451 g/mol. The number of nitrogens with one attached hydrogen (secondary N) is 1. The third kappa shape index (κ3) is 4.43. The molecule has 0 atom stereocenters. The van der Waals surface area contributed by atoms with Crippen LogP contribution in [-0.4, -0.2) is 41.9 Å². The van der Waals surface area contributed by atoms with Gasteiger partial charge >= 0.3 is 0 Å². The van der Waals surface area contributed by atoms with E-state index in [2.05, 4.69) is 15.5 Å². The van der Waals surface area contributed by atoms with Gasteiger partial charge in [0.25, 0.3) is 0 Å². The number of aromatic nitrogens is 2. The molecule has 1 N–H and O–H groups in total. The Morgan fingerprint density at radius 3 is 2.17 bits per heavy atom. The van der Waals surface area contributed by atoms with E-state index in [1.54, 1.807) is 0 Å². The zero-order chi connectivity index (χ0) is 22.2. The molecule has 1 amide bonds. The largest absolute Gasteiger partial charge is 0.300 e. The highest BCUT2D eigenvalue weighted by Crippen LogP contribution is 2.31. The van der Waals surface area contributed by atoms with Crippen LogP contribution in [0.25, 0.3) is 0 Å². The lowest BCUT2D eigenvalue weighted by Gasteiger charge is -2.31. The van der Waals surface area contributed by atoms with Crippen LogP contribution in [0.5, 0.6) is 0 Å². The van der Waals surface area contributed by atoms with E-state index in [-0.39, 0.29) is 17.7 Å². The number of hydrogen-bond donors (Lipinski definition) is 1. The molecule has 0 saturated carbocycles. The maximum atomic E-state index is 13.4. The van der Waals surface area contributed by atoms with Crippen molar-refractivity contribution in [2.45, 2.75) is 65.2 Å². The number of benzene rings is 1. The Labute approximate surface area is 183 Å². The Morgan fingerprint density at radius 2 is 1.67 bits per heavy atom. The first kappa shape index (κ1) is 22.8. The second kappa shape index (κ2) is 8.72. The summed E-state index contributed by atoms with van der Waals surface area (Å²) in [5.74, 6) is -0.0830. The van der Waals surface area contributed by atoms with Gasteiger partial charge in [0.1, 0.15) is 5.01 Å². The van der Waals surface area contributed by atoms with Gasteiger partial charge in [-0.15, -0.1) is 10.2 Å². The standard InChI is InChI=1S/C21H30N4O3S2/c1-12(2)20-23-24-21(29-20)22-19(26)17-7-9-25(10-8-17)30(27,28)18-15(5)13(3)11-14(4)16(18)6/h11-12,17H,7-10H2,1-6H3,(H,22,24,26). The van der Waals surface area contributed by atoms with Gasteiger partial charge in [-0.3, -0.25) is 4.79 Å². The van der Waals surface area contributed by atoms with Crippen molar-refractivity contribution in [1.29, 1.82) is 0 Å². The number of aryl methyl sites for hydroxylation is 2. The molecule has 164 valence electrons. The van der Waals surface area contributed by atoms with Gasteiger partial charge in [-0.05, 0) is 62.8 Å². The van der Waals surface area contributed by atoms with E-state index in [0.717, 1.165) is 27.3 Å². The number of anilines is 1. The van der Waals surface area contributed by atoms with Crippen LogP contribution in [0.15, 0.2) is 11.0 Å². The van der Waals surface area contributed by atoms with E-state index in [1.165, 1.54) is 15.6 Å². The summed E-state index contributed by atoms with van der Waals surface area (Å²) in [7, 11) is -3.60. The van der Waals surface area contributed by atoms with Crippen LogP contribution in [0, 0.1) is 33.6 Å². The molecule has 0 unspecified atom stereocenters. The van der Waals surface area contributed by atoms with Crippen LogP contribution in [0.3, 0.4) is 0 Å². The van der Waals surface area contributed by atoms with Gasteiger partial charge in [0.15, 0.2) is 0 Å². The molecule has 2 heterocycles. The van der Waals surface area contributed by atoms with E-state index < -0.39 is 10.0 Å². The highest BCUT2D eigenvalue weighted by Gasteiger charge is 2.34. The molecule has 30 heavy (non-hydrogen) atoms. The van der Waals surface area contributed by atoms with Gasteiger partial charge in [-0.25, -0.2) is 8.42 Å². The second-order valence-corrected chi connectivity index (χ2v) is 11.2. The minimum Gasteiger partial charge on any atom is -0.300 e. The topological polar surface area (TPSA) is 92.3 Å². The third-order valence-corrected chi connectivity index (χ3v) is 9.20. The molecule has 2 aromatic rings. The highest BCUT2D eigenvalue weighted by molar-refractivity contribution is 7.89. The van der Waals surface area contributed by atoms with E-state index in [1.807, 2.05) is 47.6 Å². The minimum absolute atomic E-state index is 0.114. The summed E-state index contributed by atoms with van der Waals surface area (Å²) in [5.41, 5.74) is 3.55. The second-order valence-electron chi connectivity index (χ2n) is 8.36. The van der Waals surface area contributed by atoms with Gasteiger partial charge in [0.2, 0.25) is 21.1 Å². The summed E-state index contributed by atoms with van der Waals surface area (Å²) in [5, 5.41) is 12.3. The molecule has 9 heteroatoms. The van der Waals surface area contributed by atoms with Crippen molar-refractivity contribution < 1.29 is 13.2 Å². The monoisotopic (exact) mass is 450 g/mol. The number of piperidine rings is 1. The van der Waals surface area contributed by atoms with Crippen molar-refractivity contribution in [2.75, 3.05) is 18.4 Å². The molecule has 1 saturated heterocycles. The average Bonchev–Trinajstić information content (AvgIpc) is 3.15. The summed E-state index contributed by atoms with van der Waals surface area (Å²) in [4.78, 5) is 13.0. The Morgan fingerprint density at radius 1 is 1.10 bits per heavy atom. The van der Waals surface area contributed by atoms with Crippen molar-refractivity contribution in [1.82, 2.24) is 14.5 Å². The molecule has 1 aromatic carbocycles. The molecule has 1 fully saturated rings. The number of carbonyl (C=O) groups excluding carboxylic acids is 1. The summed E-state index contributed by atoms with van der Waals surface area (Å²) >= 11 is 1.38. The first-order valence-corrected chi connectivity index (χ1v) is 12.5. The van der Waals surface area contributed by atoms with E-state index in [4.69, 9.17) is 0 Å². The predicted octanol–water partition coefficient (Wildman–Crippen LogP) is 3.93. The van der Waals surface area contributed by atoms with Crippen LogP contribution in [-0.2, 0) is 14.8 Å². The molecule has 0 bridgehead atoms. The number of sulfonamides is 1. The van der Waals surface area contributed by atoms with Crippen LogP contribution in [0.2, 0.25) is 0 Å². The number of carbonyl (C=O) groups is 1. The lowest BCUT2D eigenvalue weighted by molar-refractivity contribution is -0.120. The Bertz CT molecular complexity index is 1030. The van der Waals surface area contributed by atoms with Crippen molar-refractivity contribution in [3.8, 4) is 0 Å². The summed E-state index contributed by atoms with van der Waals surface area (Å²) < 4.78 is 28.3. The fraction of sp³-hybridized carbons (Fsp3) is 0.571. The lowest BCUT2D eigenvalue weighted by Crippen LogP contribution is -2.41. The van der Waals surface area contributed by atoms with Crippen molar-refractivity contribution in [3.05, 3.63) is 33.3 Å². The molecule has 1 aromatic heterocycles. The fourth-order valence-corrected chi connectivity index (χ4v) is 6.58. The Kier molecular flexibility index (Phi) is 6.64. The van der Waals surface area contributed by atoms with Gasteiger partial charge in [0, 0.05) is 24.9 Å². The number of amides is 1. The molecule has 0 aliphatic carbocycles. The Balaban J connectivity index is 1.70. The lowest BCUT2D eigenvalue weighted by atomic mass is 9.97. The summed E-state index contributed by atoms with van der Waals surface area (Å²) in [6.45, 7) is 12.3. The van der Waals surface area contributed by atoms with Crippen LogP contribution >= 0.6 is 11.3 Å². The van der Waals surface area contributed by atoms with Gasteiger partial charge in [-0.2, -0.15) is 4.31 Å². The first-order chi connectivity index (χ1) is 14.0. The predicted molar refractivity (Wildman–Crippen MR) is 120 cm³/mol. The molecule has 3 rings (SSSR count). The fourth-order valence-electron chi connectivity index (χ4n) is 3.78. The molecule has 0 spiro atoms. The maximum absolute atomic E-state index is 13.4. The molecular formula is C21H30N4O3S2. The highest BCUT2D eigenvalue weighted by atomic mass is 32.2. The van der Waals surface area contributed by atoms with E-state index >= 15 is 0 Å². The Hall–Kier alpha value is -1.84.